The average molecular weight is 1080 g/mol. The number of amides is 2. The fourth-order valence-electron chi connectivity index (χ4n) is 6.68. The number of thioether (sulfide) groups is 1. The first-order valence-electron chi connectivity index (χ1n) is 23.2. The van der Waals surface area contributed by atoms with Gasteiger partial charge in [0.15, 0.2) is 17.7 Å². The number of nitrogen functional groups attached to an aromatic ring is 1. The van der Waals surface area contributed by atoms with E-state index in [9.17, 15) is 57.9 Å². The van der Waals surface area contributed by atoms with E-state index < -0.39 is 84.6 Å². The number of nitrogens with one attached hydrogen (secondary N) is 2. The van der Waals surface area contributed by atoms with E-state index in [1.165, 1.54) is 39.2 Å². The number of allylic oxidation sites excluding steroid dienone is 7. The number of unbranched alkanes of at least 4 members (excludes halogenated alkanes) is 8. The highest BCUT2D eigenvalue weighted by Gasteiger charge is 2.50. The lowest BCUT2D eigenvalue weighted by atomic mass is 9.87. The molecule has 2 aromatic rings. The highest BCUT2D eigenvalue weighted by Crippen LogP contribution is 2.61. The summed E-state index contributed by atoms with van der Waals surface area (Å²) in [6, 6.07) is 0. The maximum Gasteiger partial charge on any atom is 0.481 e. The second kappa shape index (κ2) is 31.3. The number of fused-ring (bicyclic) bond motifs is 1. The average Bonchev–Trinajstić information content (AvgIpc) is 3.86. The Kier molecular flexibility index (Phi) is 27.3. The monoisotopic (exact) mass is 1080 g/mol. The van der Waals surface area contributed by atoms with Crippen LogP contribution in [0.25, 0.3) is 11.2 Å². The second-order valence-electron chi connectivity index (χ2n) is 17.0. The van der Waals surface area contributed by atoms with Gasteiger partial charge in [0.05, 0.1) is 19.5 Å². The standard InChI is InChI=1S/C43H70N7O17P3S/c1-4-5-6-7-8-9-10-11-12-13-14-15-16-17-18-19-20-21-22-23-34(52)71-27-26-45-33(51)24-25-46-41(55)38(54)43(2,3)29-64-70(61,62)67-69(59,60)63-28-32-37(66-68(56,57)58)36(53)42(65-32)50-31-49-35-39(44)47-30-48-40(35)50/h8-9,11-12,14-15,22-23,30-32,36-38,42,53-54H,4-7,10,13,16-21,24-29H2,1-3H3,(H,45,51)(H,46,55)(H,59,60)(H,61,62)(H2,44,47,48)(H2,56,57,58)/b9-8-,12-11-,15-14-,23-22+/t32-,36+,37+,38-,42-/m0/s1. The summed E-state index contributed by atoms with van der Waals surface area (Å²) in [7, 11) is -16.4. The van der Waals surface area contributed by atoms with Gasteiger partial charge in [-0.25, -0.2) is 28.6 Å². The van der Waals surface area contributed by atoms with Crippen LogP contribution in [-0.4, -0.2) is 123 Å². The van der Waals surface area contributed by atoms with E-state index in [0.717, 1.165) is 86.8 Å². The molecule has 28 heteroatoms. The Morgan fingerprint density at radius 2 is 1.49 bits per heavy atom. The SMILES string of the molecule is CCCCC/C=C\C/C=C\C/C=C\CCCCCC/C=C/C(=O)SCCNC(=O)CCNC(=O)[C@H](O)C(C)(C)COP(=O)(O)OP(=O)(O)OC[C@@H]1O[C@H](n2cnc3c(N)ncnc32)[C@H](O)[C@@H]1OP(=O)(O)O. The largest absolute Gasteiger partial charge is 0.481 e. The molecule has 0 aliphatic carbocycles. The molecule has 2 unspecified atom stereocenters. The predicted octanol–water partition coefficient (Wildman–Crippen LogP) is 5.59. The van der Waals surface area contributed by atoms with Crippen LogP contribution in [0.5, 0.6) is 0 Å². The molecule has 0 aromatic carbocycles. The van der Waals surface area contributed by atoms with Crippen LogP contribution in [0.1, 0.15) is 110 Å². The van der Waals surface area contributed by atoms with Crippen LogP contribution >= 0.6 is 35.2 Å². The van der Waals surface area contributed by atoms with Gasteiger partial charge in [0, 0.05) is 30.7 Å². The molecule has 7 atom stereocenters. The van der Waals surface area contributed by atoms with Gasteiger partial charge in [-0.1, -0.05) is 101 Å². The van der Waals surface area contributed by atoms with Crippen LogP contribution in [0.3, 0.4) is 0 Å². The van der Waals surface area contributed by atoms with E-state index in [4.69, 9.17) is 19.5 Å². The van der Waals surface area contributed by atoms with E-state index in [2.05, 4.69) is 77.8 Å². The first kappa shape index (κ1) is 61.8. The van der Waals surface area contributed by atoms with Crippen LogP contribution < -0.4 is 16.4 Å². The van der Waals surface area contributed by atoms with Crippen molar-refractivity contribution in [3.63, 3.8) is 0 Å². The van der Waals surface area contributed by atoms with Crippen molar-refractivity contribution < 1.29 is 80.5 Å². The maximum absolute atomic E-state index is 12.8. The Morgan fingerprint density at radius 3 is 2.14 bits per heavy atom. The number of phosphoric acid groups is 3. The van der Waals surface area contributed by atoms with Gasteiger partial charge in [-0.3, -0.25) is 32.5 Å². The summed E-state index contributed by atoms with van der Waals surface area (Å²) in [6.07, 6.45) is 22.9. The molecule has 3 rings (SSSR count). The molecule has 400 valence electrons. The first-order valence-corrected chi connectivity index (χ1v) is 28.7. The lowest BCUT2D eigenvalue weighted by Gasteiger charge is -2.30. The minimum Gasteiger partial charge on any atom is -0.386 e. The van der Waals surface area contributed by atoms with E-state index in [1.807, 2.05) is 6.08 Å². The van der Waals surface area contributed by atoms with Crippen LogP contribution in [-0.2, 0) is 50.7 Å². The third kappa shape index (κ3) is 24.0. The van der Waals surface area contributed by atoms with Crippen LogP contribution in [0.15, 0.2) is 61.3 Å². The Balaban J connectivity index is 1.28. The van der Waals surface area contributed by atoms with Gasteiger partial charge in [0.2, 0.25) is 16.9 Å². The molecule has 71 heavy (non-hydrogen) atoms. The Bertz CT molecular complexity index is 2260. The van der Waals surface area contributed by atoms with Crippen molar-refractivity contribution in [1.29, 1.82) is 0 Å². The number of ether oxygens (including phenoxy) is 1. The Morgan fingerprint density at radius 1 is 0.873 bits per heavy atom. The van der Waals surface area contributed by atoms with Crippen molar-refractivity contribution in [3.8, 4) is 0 Å². The number of anilines is 1. The van der Waals surface area contributed by atoms with Crippen molar-refractivity contribution in [2.45, 2.75) is 135 Å². The fourth-order valence-corrected chi connectivity index (χ4v) is 10.1. The normalized spacial score (nSPS) is 20.1. The summed E-state index contributed by atoms with van der Waals surface area (Å²) < 4.78 is 62.5. The maximum atomic E-state index is 12.8. The summed E-state index contributed by atoms with van der Waals surface area (Å²) in [5, 5.41) is 26.5. The molecule has 0 spiro atoms. The number of aliphatic hydroxyl groups excluding tert-OH is 2. The number of aliphatic hydroxyl groups is 2. The van der Waals surface area contributed by atoms with Gasteiger partial charge in [0.25, 0.3) is 0 Å². The van der Waals surface area contributed by atoms with Gasteiger partial charge < -0.3 is 50.9 Å². The van der Waals surface area contributed by atoms with Gasteiger partial charge in [-0.2, -0.15) is 4.31 Å². The second-order valence-corrected chi connectivity index (χ2v) is 22.3. The van der Waals surface area contributed by atoms with E-state index in [-0.39, 0.29) is 41.6 Å². The quantitative estimate of drug-likeness (QED) is 0.0176. The number of hydrogen-bond donors (Lipinski definition) is 9. The molecule has 10 N–H and O–H groups in total. The Hall–Kier alpha value is -3.48. The van der Waals surface area contributed by atoms with Crippen molar-refractivity contribution in [1.82, 2.24) is 30.2 Å². The molecular formula is C43H70N7O17P3S. The summed E-state index contributed by atoms with van der Waals surface area (Å²) in [5.41, 5.74) is 4.27. The molecule has 0 saturated carbocycles. The summed E-state index contributed by atoms with van der Waals surface area (Å²) in [5.74, 6) is -1.12. The minimum atomic E-state index is -5.58. The van der Waals surface area contributed by atoms with Gasteiger partial charge >= 0.3 is 23.5 Å². The van der Waals surface area contributed by atoms with E-state index in [0.29, 0.717) is 5.75 Å². The summed E-state index contributed by atoms with van der Waals surface area (Å²) in [4.78, 5) is 88.4. The van der Waals surface area contributed by atoms with Gasteiger partial charge in [-0.05, 0) is 57.4 Å². The molecule has 1 fully saturated rings. The molecule has 2 amide bonds. The number of hydrogen-bond acceptors (Lipinski definition) is 18. The molecule has 1 aliphatic rings. The molecular weight excluding hydrogens is 1010 g/mol. The lowest BCUT2D eigenvalue weighted by molar-refractivity contribution is -0.137. The lowest BCUT2D eigenvalue weighted by Crippen LogP contribution is -2.46. The van der Waals surface area contributed by atoms with Crippen molar-refractivity contribution in [2.75, 3.05) is 37.8 Å². The first-order chi connectivity index (χ1) is 33.6. The van der Waals surface area contributed by atoms with Gasteiger partial charge in [-0.15, -0.1) is 0 Å². The van der Waals surface area contributed by atoms with Crippen molar-refractivity contribution >= 4 is 69.1 Å². The molecule has 24 nitrogen and oxygen atoms in total. The Labute approximate surface area is 417 Å². The number of nitrogens with zero attached hydrogens (tertiary/aromatic N) is 4. The molecule has 2 aromatic heterocycles. The number of nitrogens with two attached hydrogens (primary N) is 1. The van der Waals surface area contributed by atoms with Crippen molar-refractivity contribution in [3.05, 3.63) is 61.3 Å². The van der Waals surface area contributed by atoms with E-state index in [1.54, 1.807) is 0 Å². The number of aromatic nitrogens is 4. The van der Waals surface area contributed by atoms with E-state index >= 15 is 0 Å². The molecule has 1 saturated heterocycles. The molecule has 0 radical (unpaired) electrons. The van der Waals surface area contributed by atoms with Crippen LogP contribution in [0.2, 0.25) is 0 Å². The third-order valence-electron chi connectivity index (χ3n) is 10.5. The molecule has 3 heterocycles. The number of imidazole rings is 1. The smallest absolute Gasteiger partial charge is 0.386 e. The predicted molar refractivity (Wildman–Crippen MR) is 265 cm³/mol. The minimum absolute atomic E-state index is 0.0306. The zero-order valence-electron chi connectivity index (χ0n) is 40.2. The zero-order chi connectivity index (χ0) is 52.5. The highest BCUT2D eigenvalue weighted by atomic mass is 32.2. The number of carbonyl (C=O) groups is 3. The third-order valence-corrected chi connectivity index (χ3v) is 14.4. The van der Waals surface area contributed by atoms with Crippen LogP contribution in [0.4, 0.5) is 5.82 Å². The van der Waals surface area contributed by atoms with Crippen LogP contribution in [0, 0.1) is 5.41 Å². The molecule has 1 aliphatic heterocycles. The van der Waals surface area contributed by atoms with Crippen molar-refractivity contribution in [2.24, 2.45) is 5.41 Å². The fraction of sp³-hybridized carbons (Fsp3) is 0.628. The topological polar surface area (TPSA) is 364 Å². The zero-order valence-corrected chi connectivity index (χ0v) is 43.7. The molecule has 0 bridgehead atoms. The van der Waals surface area contributed by atoms with Gasteiger partial charge in [0.1, 0.15) is 36.3 Å². The summed E-state index contributed by atoms with van der Waals surface area (Å²) in [6.45, 7) is 2.70. The number of rotatable bonds is 35. The summed E-state index contributed by atoms with van der Waals surface area (Å²) >= 11 is 1.06. The number of carbonyl (C=O) groups excluding carboxylic acids is 3. The highest BCUT2D eigenvalue weighted by molar-refractivity contribution is 8.14. The number of phosphoric ester groups is 3.